The highest BCUT2D eigenvalue weighted by Crippen LogP contribution is 2.30. The van der Waals surface area contributed by atoms with Crippen LogP contribution in [-0.2, 0) is 6.42 Å². The number of benzene rings is 1. The maximum absolute atomic E-state index is 11.0. The summed E-state index contributed by atoms with van der Waals surface area (Å²) in [6, 6.07) is 8.93. The summed E-state index contributed by atoms with van der Waals surface area (Å²) in [4.78, 5) is 13.7. The van der Waals surface area contributed by atoms with Crippen LogP contribution in [0.4, 0.5) is 10.5 Å². The second-order valence-corrected chi connectivity index (χ2v) is 6.31. The normalized spacial score (nSPS) is 21.9. The second kappa shape index (κ2) is 8.18. The number of carbonyl (C=O) groups excluding carboxylic acids is 1. The van der Waals surface area contributed by atoms with Gasteiger partial charge in [0.2, 0.25) is 0 Å². The third-order valence-corrected chi connectivity index (χ3v) is 4.54. The van der Waals surface area contributed by atoms with E-state index in [0.717, 1.165) is 18.2 Å². The lowest BCUT2D eigenvalue weighted by Gasteiger charge is -2.30. The number of carbonyl (C=O) groups is 1. The molecule has 0 aromatic heterocycles. The minimum Gasteiger partial charge on any atom is -0.351 e. The molecule has 22 heavy (non-hydrogen) atoms. The van der Waals surface area contributed by atoms with Crippen LogP contribution in [0.25, 0.3) is 0 Å². The average Bonchev–Trinajstić information content (AvgIpc) is 2.82. The highest BCUT2D eigenvalue weighted by molar-refractivity contribution is 5.87. The standard InChI is InChI=1S/C18H29N3O/c1-3-6-16-9-10-17(21(16)11-4-2)13-14-7-5-8-15(12-14)20-18(19)22/h5,7-8,12,16-17H,3-4,6,9-11,13H2,1-2H3,(H3,19,20,22)/t16-,17-/m0/s1. The Morgan fingerprint density at radius 1 is 1.27 bits per heavy atom. The topological polar surface area (TPSA) is 58.4 Å². The number of nitrogens with zero attached hydrogens (tertiary/aromatic N) is 1. The number of hydrogen-bond acceptors (Lipinski definition) is 2. The Balaban J connectivity index is 2.04. The molecule has 1 aromatic carbocycles. The predicted octanol–water partition coefficient (Wildman–Crippen LogP) is 3.76. The van der Waals surface area contributed by atoms with Crippen molar-refractivity contribution in [1.82, 2.24) is 4.90 Å². The van der Waals surface area contributed by atoms with Gasteiger partial charge in [0.1, 0.15) is 0 Å². The van der Waals surface area contributed by atoms with Crippen molar-refractivity contribution in [1.29, 1.82) is 0 Å². The molecule has 0 radical (unpaired) electrons. The molecule has 0 aliphatic carbocycles. The van der Waals surface area contributed by atoms with E-state index in [1.54, 1.807) is 0 Å². The number of likely N-dealkylation sites (tertiary alicyclic amines) is 1. The van der Waals surface area contributed by atoms with Crippen LogP contribution in [0, 0.1) is 0 Å². The summed E-state index contributed by atoms with van der Waals surface area (Å²) in [7, 11) is 0. The quantitative estimate of drug-likeness (QED) is 0.805. The molecule has 0 spiro atoms. The van der Waals surface area contributed by atoms with Crippen molar-refractivity contribution in [2.75, 3.05) is 11.9 Å². The van der Waals surface area contributed by atoms with E-state index in [1.165, 1.54) is 44.2 Å². The number of nitrogens with one attached hydrogen (secondary N) is 1. The van der Waals surface area contributed by atoms with Crippen molar-refractivity contribution in [3.05, 3.63) is 29.8 Å². The molecule has 3 N–H and O–H groups in total. The van der Waals surface area contributed by atoms with Crippen molar-refractivity contribution in [2.24, 2.45) is 5.73 Å². The van der Waals surface area contributed by atoms with Crippen molar-refractivity contribution in [3.63, 3.8) is 0 Å². The van der Waals surface area contributed by atoms with Crippen LogP contribution in [0.2, 0.25) is 0 Å². The molecule has 0 unspecified atom stereocenters. The Labute approximate surface area is 134 Å². The third kappa shape index (κ3) is 4.47. The lowest BCUT2D eigenvalue weighted by Crippen LogP contribution is -2.37. The van der Waals surface area contributed by atoms with Crippen LogP contribution in [0.3, 0.4) is 0 Å². The minimum absolute atomic E-state index is 0.506. The predicted molar refractivity (Wildman–Crippen MR) is 92.1 cm³/mol. The molecule has 1 heterocycles. The van der Waals surface area contributed by atoms with Gasteiger partial charge in [-0.25, -0.2) is 4.79 Å². The SMILES string of the molecule is CCC[C@H]1CC[C@@H](Cc2cccc(NC(N)=O)c2)N1CCC. The molecule has 2 rings (SSSR count). The van der Waals surface area contributed by atoms with Gasteiger partial charge < -0.3 is 11.1 Å². The lowest BCUT2D eigenvalue weighted by molar-refractivity contribution is 0.183. The van der Waals surface area contributed by atoms with E-state index in [2.05, 4.69) is 30.1 Å². The van der Waals surface area contributed by atoms with Gasteiger partial charge in [0.15, 0.2) is 0 Å². The van der Waals surface area contributed by atoms with Gasteiger partial charge in [0.05, 0.1) is 0 Å². The van der Waals surface area contributed by atoms with Gasteiger partial charge in [-0.1, -0.05) is 32.4 Å². The first kappa shape index (κ1) is 16.8. The van der Waals surface area contributed by atoms with E-state index in [4.69, 9.17) is 5.73 Å². The summed E-state index contributed by atoms with van der Waals surface area (Å²) in [6.07, 6.45) is 7.42. The molecular formula is C18H29N3O. The monoisotopic (exact) mass is 303 g/mol. The maximum atomic E-state index is 11.0. The largest absolute Gasteiger partial charge is 0.351 e. The molecule has 4 heteroatoms. The van der Waals surface area contributed by atoms with Gasteiger partial charge in [-0.05, 0) is 56.3 Å². The molecule has 1 saturated heterocycles. The Hall–Kier alpha value is -1.55. The number of amides is 2. The molecule has 0 saturated carbocycles. The third-order valence-electron chi connectivity index (χ3n) is 4.54. The van der Waals surface area contributed by atoms with E-state index in [1.807, 2.05) is 18.2 Å². The Morgan fingerprint density at radius 2 is 2.05 bits per heavy atom. The van der Waals surface area contributed by atoms with Gasteiger partial charge in [-0.15, -0.1) is 0 Å². The minimum atomic E-state index is -0.506. The van der Waals surface area contributed by atoms with Crippen LogP contribution in [0.15, 0.2) is 24.3 Å². The molecule has 1 aliphatic rings. The number of anilines is 1. The molecule has 2 amide bonds. The van der Waals surface area contributed by atoms with E-state index in [0.29, 0.717) is 6.04 Å². The highest BCUT2D eigenvalue weighted by Gasteiger charge is 2.31. The van der Waals surface area contributed by atoms with Gasteiger partial charge in [0.25, 0.3) is 0 Å². The Morgan fingerprint density at radius 3 is 2.73 bits per heavy atom. The number of primary amides is 1. The van der Waals surface area contributed by atoms with Gasteiger partial charge in [-0.2, -0.15) is 0 Å². The van der Waals surface area contributed by atoms with Crippen LogP contribution in [0.5, 0.6) is 0 Å². The van der Waals surface area contributed by atoms with Crippen molar-refractivity contribution in [3.8, 4) is 0 Å². The molecule has 122 valence electrons. The van der Waals surface area contributed by atoms with E-state index in [9.17, 15) is 4.79 Å². The number of rotatable bonds is 7. The molecular weight excluding hydrogens is 274 g/mol. The summed E-state index contributed by atoms with van der Waals surface area (Å²) in [5.74, 6) is 0. The van der Waals surface area contributed by atoms with Gasteiger partial charge >= 0.3 is 6.03 Å². The zero-order chi connectivity index (χ0) is 15.9. The fourth-order valence-electron chi connectivity index (χ4n) is 3.69. The lowest BCUT2D eigenvalue weighted by atomic mass is 10.0. The summed E-state index contributed by atoms with van der Waals surface area (Å²) >= 11 is 0. The summed E-state index contributed by atoms with van der Waals surface area (Å²) in [6.45, 7) is 5.72. The molecule has 0 bridgehead atoms. The summed E-state index contributed by atoms with van der Waals surface area (Å²) < 4.78 is 0. The zero-order valence-corrected chi connectivity index (χ0v) is 13.8. The first-order chi connectivity index (χ1) is 10.6. The van der Waals surface area contributed by atoms with Crippen molar-refractivity contribution >= 4 is 11.7 Å². The number of nitrogens with two attached hydrogens (primary N) is 1. The van der Waals surface area contributed by atoms with Crippen LogP contribution >= 0.6 is 0 Å². The van der Waals surface area contributed by atoms with E-state index < -0.39 is 6.03 Å². The van der Waals surface area contributed by atoms with Crippen molar-refractivity contribution in [2.45, 2.75) is 64.5 Å². The molecule has 1 aliphatic heterocycles. The molecule has 1 aromatic rings. The highest BCUT2D eigenvalue weighted by atomic mass is 16.2. The van der Waals surface area contributed by atoms with Crippen LogP contribution in [0.1, 0.15) is 51.5 Å². The van der Waals surface area contributed by atoms with Crippen molar-refractivity contribution < 1.29 is 4.79 Å². The first-order valence-electron chi connectivity index (χ1n) is 8.55. The average molecular weight is 303 g/mol. The van der Waals surface area contributed by atoms with E-state index >= 15 is 0 Å². The van der Waals surface area contributed by atoms with Gasteiger partial charge in [-0.3, -0.25) is 4.90 Å². The maximum Gasteiger partial charge on any atom is 0.316 e. The first-order valence-corrected chi connectivity index (χ1v) is 8.55. The van der Waals surface area contributed by atoms with Crippen LogP contribution < -0.4 is 11.1 Å². The summed E-state index contributed by atoms with van der Waals surface area (Å²) in [5, 5.41) is 2.66. The molecule has 2 atom stereocenters. The Kier molecular flexibility index (Phi) is 6.25. The smallest absolute Gasteiger partial charge is 0.316 e. The van der Waals surface area contributed by atoms with Gasteiger partial charge in [0, 0.05) is 17.8 Å². The number of urea groups is 1. The summed E-state index contributed by atoms with van der Waals surface area (Å²) in [5.41, 5.74) is 7.25. The fraction of sp³-hybridized carbons (Fsp3) is 0.611. The molecule has 4 nitrogen and oxygen atoms in total. The van der Waals surface area contributed by atoms with Crippen LogP contribution in [-0.4, -0.2) is 29.6 Å². The Bertz CT molecular complexity index is 489. The number of hydrogen-bond donors (Lipinski definition) is 2. The fourth-order valence-corrected chi connectivity index (χ4v) is 3.69. The molecule has 1 fully saturated rings. The zero-order valence-electron chi connectivity index (χ0n) is 13.8. The van der Waals surface area contributed by atoms with E-state index in [-0.39, 0.29) is 0 Å². The second-order valence-electron chi connectivity index (χ2n) is 6.31.